The third kappa shape index (κ3) is 2.23. The maximum absolute atomic E-state index is 3.86. The number of hydrogen-bond donors (Lipinski definition) is 1. The molecule has 3 atom stereocenters. The van der Waals surface area contributed by atoms with Crippen molar-refractivity contribution in [3.05, 3.63) is 6.20 Å². The first-order chi connectivity index (χ1) is 6.75. The molecule has 1 fully saturated rings. The summed E-state index contributed by atoms with van der Waals surface area (Å²) in [5.41, 5.74) is 0. The van der Waals surface area contributed by atoms with E-state index in [4.69, 9.17) is 0 Å². The smallest absolute Gasteiger partial charge is 0.130 e. The minimum absolute atomic E-state index is 0.619. The lowest BCUT2D eigenvalue weighted by molar-refractivity contribution is 0.277. The molecule has 1 aliphatic rings. The second-order valence-corrected chi connectivity index (χ2v) is 5.21. The van der Waals surface area contributed by atoms with Crippen molar-refractivity contribution in [2.75, 3.05) is 5.32 Å². The molecule has 3 unspecified atom stereocenters. The standard InChI is InChI=1S/C10H17N3S/c1-7-3-4-9(8(2)5-7)12-10-6-11-13-14-10/h6-9,12H,3-5H2,1-2H3. The van der Waals surface area contributed by atoms with Crippen LogP contribution in [0.15, 0.2) is 6.20 Å². The van der Waals surface area contributed by atoms with Crippen molar-refractivity contribution in [1.29, 1.82) is 0 Å². The van der Waals surface area contributed by atoms with Gasteiger partial charge in [0.2, 0.25) is 0 Å². The summed E-state index contributed by atoms with van der Waals surface area (Å²) in [5, 5.41) is 8.47. The van der Waals surface area contributed by atoms with E-state index in [0.29, 0.717) is 6.04 Å². The van der Waals surface area contributed by atoms with Crippen LogP contribution in [0, 0.1) is 11.8 Å². The molecule has 1 N–H and O–H groups in total. The topological polar surface area (TPSA) is 37.8 Å². The van der Waals surface area contributed by atoms with Gasteiger partial charge in [0, 0.05) is 17.6 Å². The average Bonchev–Trinajstić information content (AvgIpc) is 2.62. The molecule has 0 aliphatic heterocycles. The maximum atomic E-state index is 3.86. The molecule has 78 valence electrons. The number of nitrogens with one attached hydrogen (secondary N) is 1. The minimum atomic E-state index is 0.619. The van der Waals surface area contributed by atoms with E-state index in [-0.39, 0.29) is 0 Å². The Balaban J connectivity index is 1.92. The Morgan fingerprint density at radius 1 is 1.43 bits per heavy atom. The number of rotatable bonds is 2. The molecule has 1 aliphatic carbocycles. The predicted molar refractivity (Wildman–Crippen MR) is 59.5 cm³/mol. The van der Waals surface area contributed by atoms with Gasteiger partial charge in [0.1, 0.15) is 5.00 Å². The van der Waals surface area contributed by atoms with Crippen LogP contribution in [-0.4, -0.2) is 15.6 Å². The first-order valence-corrected chi connectivity index (χ1v) is 6.07. The van der Waals surface area contributed by atoms with E-state index in [2.05, 4.69) is 28.8 Å². The second kappa shape index (κ2) is 4.26. The quantitative estimate of drug-likeness (QED) is 0.817. The predicted octanol–water partition coefficient (Wildman–Crippen LogP) is 2.77. The Kier molecular flexibility index (Phi) is 3.01. The lowest BCUT2D eigenvalue weighted by Gasteiger charge is -2.33. The molecular formula is C10H17N3S. The fourth-order valence-electron chi connectivity index (χ4n) is 2.29. The first-order valence-electron chi connectivity index (χ1n) is 5.29. The zero-order valence-electron chi connectivity index (χ0n) is 8.73. The fourth-order valence-corrected chi connectivity index (χ4v) is 2.77. The lowest BCUT2D eigenvalue weighted by Crippen LogP contribution is -2.32. The number of hydrogen-bond acceptors (Lipinski definition) is 4. The average molecular weight is 211 g/mol. The van der Waals surface area contributed by atoms with Crippen molar-refractivity contribution in [3.63, 3.8) is 0 Å². The van der Waals surface area contributed by atoms with Gasteiger partial charge in [0.05, 0.1) is 6.20 Å². The van der Waals surface area contributed by atoms with Gasteiger partial charge >= 0.3 is 0 Å². The summed E-state index contributed by atoms with van der Waals surface area (Å²) >= 11 is 1.45. The van der Waals surface area contributed by atoms with E-state index in [1.54, 1.807) is 0 Å². The summed E-state index contributed by atoms with van der Waals surface area (Å²) in [5.74, 6) is 1.66. The summed E-state index contributed by atoms with van der Waals surface area (Å²) < 4.78 is 3.86. The van der Waals surface area contributed by atoms with Gasteiger partial charge in [-0.1, -0.05) is 18.3 Å². The van der Waals surface area contributed by atoms with Crippen molar-refractivity contribution in [2.45, 2.75) is 39.2 Å². The highest BCUT2D eigenvalue weighted by Gasteiger charge is 2.25. The Bertz CT molecular complexity index is 273. The molecule has 0 radical (unpaired) electrons. The Labute approximate surface area is 89.1 Å². The van der Waals surface area contributed by atoms with Crippen LogP contribution in [0.2, 0.25) is 0 Å². The minimum Gasteiger partial charge on any atom is -0.371 e. The van der Waals surface area contributed by atoms with E-state index >= 15 is 0 Å². The summed E-state index contributed by atoms with van der Waals surface area (Å²) in [6.07, 6.45) is 5.77. The highest BCUT2D eigenvalue weighted by Crippen LogP contribution is 2.30. The van der Waals surface area contributed by atoms with Crippen LogP contribution in [0.25, 0.3) is 0 Å². The molecule has 2 rings (SSSR count). The summed E-state index contributed by atoms with van der Waals surface area (Å²) in [7, 11) is 0. The van der Waals surface area contributed by atoms with Gasteiger partial charge in [-0.25, -0.2) is 0 Å². The SMILES string of the molecule is CC1CCC(Nc2cnns2)C(C)C1. The van der Waals surface area contributed by atoms with Gasteiger partial charge in [-0.2, -0.15) is 0 Å². The normalized spacial score (nSPS) is 32.9. The third-order valence-corrected chi connectivity index (χ3v) is 3.72. The highest BCUT2D eigenvalue weighted by atomic mass is 32.1. The molecule has 0 aromatic carbocycles. The molecule has 1 heterocycles. The number of aromatic nitrogens is 2. The number of anilines is 1. The van der Waals surface area contributed by atoms with E-state index in [0.717, 1.165) is 16.8 Å². The van der Waals surface area contributed by atoms with Crippen molar-refractivity contribution in [2.24, 2.45) is 11.8 Å². The van der Waals surface area contributed by atoms with E-state index < -0.39 is 0 Å². The molecule has 0 bridgehead atoms. The third-order valence-electron chi connectivity index (χ3n) is 3.12. The van der Waals surface area contributed by atoms with E-state index in [1.807, 2.05) is 6.20 Å². The Morgan fingerprint density at radius 3 is 2.93 bits per heavy atom. The van der Waals surface area contributed by atoms with Gasteiger partial charge in [-0.15, -0.1) is 5.10 Å². The molecule has 1 aromatic heterocycles. The molecule has 0 amide bonds. The van der Waals surface area contributed by atoms with Crippen molar-refractivity contribution >= 4 is 16.5 Å². The van der Waals surface area contributed by atoms with Crippen LogP contribution in [0.1, 0.15) is 33.1 Å². The van der Waals surface area contributed by atoms with Crippen LogP contribution in [0.4, 0.5) is 5.00 Å². The molecule has 1 aromatic rings. The van der Waals surface area contributed by atoms with Crippen LogP contribution in [-0.2, 0) is 0 Å². The van der Waals surface area contributed by atoms with Gasteiger partial charge in [0.15, 0.2) is 0 Å². The van der Waals surface area contributed by atoms with Gasteiger partial charge in [0.25, 0.3) is 0 Å². The van der Waals surface area contributed by atoms with Crippen molar-refractivity contribution in [1.82, 2.24) is 9.59 Å². The fraction of sp³-hybridized carbons (Fsp3) is 0.800. The summed E-state index contributed by atoms with van der Waals surface area (Å²) in [6.45, 7) is 4.68. The van der Waals surface area contributed by atoms with Crippen LogP contribution in [0.5, 0.6) is 0 Å². The molecule has 0 spiro atoms. The Hall–Kier alpha value is -0.640. The van der Waals surface area contributed by atoms with Crippen molar-refractivity contribution in [3.8, 4) is 0 Å². The zero-order chi connectivity index (χ0) is 9.97. The van der Waals surface area contributed by atoms with Gasteiger partial charge in [-0.05, 0) is 31.1 Å². The van der Waals surface area contributed by atoms with Gasteiger partial charge in [-0.3, -0.25) is 0 Å². The Morgan fingerprint density at radius 2 is 2.29 bits per heavy atom. The van der Waals surface area contributed by atoms with E-state index in [9.17, 15) is 0 Å². The van der Waals surface area contributed by atoms with Crippen LogP contribution >= 0.6 is 11.5 Å². The largest absolute Gasteiger partial charge is 0.371 e. The van der Waals surface area contributed by atoms with Crippen molar-refractivity contribution < 1.29 is 0 Å². The lowest BCUT2D eigenvalue weighted by atomic mass is 9.80. The second-order valence-electron chi connectivity index (χ2n) is 4.43. The molecule has 4 heteroatoms. The van der Waals surface area contributed by atoms with Crippen LogP contribution in [0.3, 0.4) is 0 Å². The molecule has 14 heavy (non-hydrogen) atoms. The summed E-state index contributed by atoms with van der Waals surface area (Å²) in [4.78, 5) is 0. The summed E-state index contributed by atoms with van der Waals surface area (Å²) in [6, 6.07) is 0.619. The van der Waals surface area contributed by atoms with E-state index in [1.165, 1.54) is 30.8 Å². The monoisotopic (exact) mass is 211 g/mol. The maximum Gasteiger partial charge on any atom is 0.130 e. The van der Waals surface area contributed by atoms with Gasteiger partial charge < -0.3 is 5.32 Å². The highest BCUT2D eigenvalue weighted by molar-refractivity contribution is 7.09. The first kappa shape index (κ1) is 9.90. The molecule has 1 saturated carbocycles. The zero-order valence-corrected chi connectivity index (χ0v) is 9.55. The number of nitrogens with zero attached hydrogens (tertiary/aromatic N) is 2. The molecule has 0 saturated heterocycles. The molecular weight excluding hydrogens is 194 g/mol. The molecule has 3 nitrogen and oxygen atoms in total. The van der Waals surface area contributed by atoms with Crippen LogP contribution < -0.4 is 5.32 Å².